The van der Waals surface area contributed by atoms with Crippen molar-refractivity contribution in [1.82, 2.24) is 5.32 Å². The van der Waals surface area contributed by atoms with Crippen LogP contribution in [0.15, 0.2) is 12.1 Å². The number of carbonyl (C=O) groups is 1. The van der Waals surface area contributed by atoms with Crippen molar-refractivity contribution in [2.45, 2.75) is 26.8 Å². The molecular formula is C12H17NO2. The number of ether oxygens (including phenoxy) is 1. The monoisotopic (exact) mass is 207 g/mol. The summed E-state index contributed by atoms with van der Waals surface area (Å²) in [4.78, 5) is 10.4. The summed E-state index contributed by atoms with van der Waals surface area (Å²) in [5.41, 5.74) is 3.41. The van der Waals surface area contributed by atoms with E-state index in [1.165, 1.54) is 0 Å². The molecule has 0 radical (unpaired) electrons. The molecule has 0 saturated carbocycles. The first-order valence-corrected chi connectivity index (χ1v) is 4.95. The van der Waals surface area contributed by atoms with Crippen LogP contribution < -0.4 is 10.1 Å². The van der Waals surface area contributed by atoms with E-state index >= 15 is 0 Å². The summed E-state index contributed by atoms with van der Waals surface area (Å²) in [6.07, 6.45) is 0.726. The molecule has 1 N–H and O–H groups in total. The standard InChI is InChI=1S/C12H17NO2/c1-8-9(2)12(15-4)6-5-11(8)10(3)13-7-14/h5-7,10H,1-4H3,(H,13,14). The van der Waals surface area contributed by atoms with Crippen LogP contribution in [0, 0.1) is 13.8 Å². The molecule has 0 saturated heterocycles. The maximum atomic E-state index is 10.4. The number of carbonyl (C=O) groups excluding carboxylic acids is 1. The molecule has 1 atom stereocenters. The Labute approximate surface area is 90.4 Å². The molecule has 3 heteroatoms. The van der Waals surface area contributed by atoms with Crippen molar-refractivity contribution in [1.29, 1.82) is 0 Å². The molecule has 82 valence electrons. The van der Waals surface area contributed by atoms with Crippen molar-refractivity contribution in [3.05, 3.63) is 28.8 Å². The minimum Gasteiger partial charge on any atom is -0.496 e. The van der Waals surface area contributed by atoms with Crippen molar-refractivity contribution in [2.75, 3.05) is 7.11 Å². The van der Waals surface area contributed by atoms with Crippen LogP contribution in [0.2, 0.25) is 0 Å². The van der Waals surface area contributed by atoms with Gasteiger partial charge in [0.15, 0.2) is 0 Å². The highest BCUT2D eigenvalue weighted by Gasteiger charge is 2.11. The Kier molecular flexibility index (Phi) is 3.72. The Bertz CT molecular complexity index is 361. The summed E-state index contributed by atoms with van der Waals surface area (Å²) in [6.45, 7) is 6.02. The number of hydrogen-bond acceptors (Lipinski definition) is 2. The number of hydrogen-bond donors (Lipinski definition) is 1. The van der Waals surface area contributed by atoms with E-state index in [1.54, 1.807) is 7.11 Å². The van der Waals surface area contributed by atoms with Crippen molar-refractivity contribution < 1.29 is 9.53 Å². The number of amides is 1. The van der Waals surface area contributed by atoms with Gasteiger partial charge in [-0.2, -0.15) is 0 Å². The normalized spacial score (nSPS) is 12.0. The Balaban J connectivity index is 3.11. The highest BCUT2D eigenvalue weighted by atomic mass is 16.5. The van der Waals surface area contributed by atoms with Gasteiger partial charge in [0.25, 0.3) is 0 Å². The van der Waals surface area contributed by atoms with E-state index in [1.807, 2.05) is 32.9 Å². The highest BCUT2D eigenvalue weighted by molar-refractivity contribution is 5.50. The van der Waals surface area contributed by atoms with Gasteiger partial charge in [-0.05, 0) is 43.5 Å². The van der Waals surface area contributed by atoms with Crippen molar-refractivity contribution in [2.24, 2.45) is 0 Å². The molecule has 0 aromatic heterocycles. The molecule has 0 spiro atoms. The van der Waals surface area contributed by atoms with Gasteiger partial charge in [-0.1, -0.05) is 6.07 Å². The van der Waals surface area contributed by atoms with Crippen LogP contribution in [0.1, 0.15) is 29.7 Å². The summed E-state index contributed by atoms with van der Waals surface area (Å²) >= 11 is 0. The first kappa shape index (κ1) is 11.6. The van der Waals surface area contributed by atoms with Gasteiger partial charge < -0.3 is 10.1 Å². The lowest BCUT2D eigenvalue weighted by atomic mass is 9.98. The summed E-state index contributed by atoms with van der Waals surface area (Å²) in [6, 6.07) is 3.95. The molecule has 1 unspecified atom stereocenters. The quantitative estimate of drug-likeness (QED) is 0.768. The number of rotatable bonds is 4. The third-order valence-electron chi connectivity index (χ3n) is 2.78. The van der Waals surface area contributed by atoms with Crippen LogP contribution in [-0.2, 0) is 4.79 Å². The fraction of sp³-hybridized carbons (Fsp3) is 0.417. The molecular weight excluding hydrogens is 190 g/mol. The lowest BCUT2D eigenvalue weighted by Gasteiger charge is -2.17. The molecule has 3 nitrogen and oxygen atoms in total. The Morgan fingerprint density at radius 3 is 2.53 bits per heavy atom. The van der Waals surface area contributed by atoms with E-state index in [0.29, 0.717) is 0 Å². The summed E-state index contributed by atoms with van der Waals surface area (Å²) in [7, 11) is 1.66. The maximum Gasteiger partial charge on any atom is 0.207 e. The van der Waals surface area contributed by atoms with E-state index in [9.17, 15) is 4.79 Å². The second-order valence-electron chi connectivity index (χ2n) is 3.61. The van der Waals surface area contributed by atoms with Gasteiger partial charge in [0, 0.05) is 0 Å². The predicted octanol–water partition coefficient (Wildman–Crippen LogP) is 2.12. The average molecular weight is 207 g/mol. The summed E-state index contributed by atoms with van der Waals surface area (Å²) < 4.78 is 5.23. The van der Waals surface area contributed by atoms with E-state index in [2.05, 4.69) is 5.32 Å². The SMILES string of the molecule is COc1ccc(C(C)NC=O)c(C)c1C. The van der Waals surface area contributed by atoms with Crippen LogP contribution in [-0.4, -0.2) is 13.5 Å². The van der Waals surface area contributed by atoms with E-state index in [0.717, 1.165) is 28.8 Å². The van der Waals surface area contributed by atoms with Gasteiger partial charge in [-0.25, -0.2) is 0 Å². The first-order valence-electron chi connectivity index (χ1n) is 4.95. The van der Waals surface area contributed by atoms with Crippen LogP contribution in [0.5, 0.6) is 5.75 Å². The molecule has 0 heterocycles. The highest BCUT2D eigenvalue weighted by Crippen LogP contribution is 2.27. The van der Waals surface area contributed by atoms with Gasteiger partial charge in [-0.3, -0.25) is 4.79 Å². The van der Waals surface area contributed by atoms with Crippen LogP contribution in [0.25, 0.3) is 0 Å². The summed E-state index contributed by atoms with van der Waals surface area (Å²) in [5, 5.41) is 2.75. The maximum absolute atomic E-state index is 10.4. The predicted molar refractivity (Wildman–Crippen MR) is 60.1 cm³/mol. The molecule has 0 fully saturated rings. The Morgan fingerprint density at radius 2 is 2.00 bits per heavy atom. The number of nitrogens with one attached hydrogen (secondary N) is 1. The minimum absolute atomic E-state index is 0.0344. The molecule has 0 aliphatic heterocycles. The Hall–Kier alpha value is -1.51. The van der Waals surface area contributed by atoms with Crippen LogP contribution in [0.3, 0.4) is 0 Å². The zero-order chi connectivity index (χ0) is 11.4. The van der Waals surface area contributed by atoms with Gasteiger partial charge in [0.05, 0.1) is 13.2 Å². The molecule has 1 aromatic carbocycles. The van der Waals surface area contributed by atoms with E-state index in [-0.39, 0.29) is 6.04 Å². The van der Waals surface area contributed by atoms with Crippen LogP contribution >= 0.6 is 0 Å². The minimum atomic E-state index is 0.0344. The number of benzene rings is 1. The zero-order valence-electron chi connectivity index (χ0n) is 9.63. The van der Waals surface area contributed by atoms with Gasteiger partial charge in [0.2, 0.25) is 6.41 Å². The van der Waals surface area contributed by atoms with Gasteiger partial charge >= 0.3 is 0 Å². The molecule has 1 amide bonds. The fourth-order valence-electron chi connectivity index (χ4n) is 1.70. The molecule has 1 rings (SSSR count). The summed E-state index contributed by atoms with van der Waals surface area (Å²) in [5.74, 6) is 0.884. The smallest absolute Gasteiger partial charge is 0.207 e. The molecule has 15 heavy (non-hydrogen) atoms. The van der Waals surface area contributed by atoms with Gasteiger partial charge in [-0.15, -0.1) is 0 Å². The third-order valence-corrected chi connectivity index (χ3v) is 2.78. The van der Waals surface area contributed by atoms with Crippen molar-refractivity contribution in [3.8, 4) is 5.75 Å². The second-order valence-corrected chi connectivity index (χ2v) is 3.61. The Morgan fingerprint density at radius 1 is 1.33 bits per heavy atom. The largest absolute Gasteiger partial charge is 0.496 e. The topological polar surface area (TPSA) is 38.3 Å². The van der Waals surface area contributed by atoms with Crippen molar-refractivity contribution >= 4 is 6.41 Å². The first-order chi connectivity index (χ1) is 7.11. The molecule has 0 aliphatic carbocycles. The van der Waals surface area contributed by atoms with Gasteiger partial charge in [0.1, 0.15) is 5.75 Å². The fourth-order valence-corrected chi connectivity index (χ4v) is 1.70. The lowest BCUT2D eigenvalue weighted by Crippen LogP contribution is -2.17. The van der Waals surface area contributed by atoms with E-state index in [4.69, 9.17) is 4.74 Å². The molecule has 1 aromatic rings. The second kappa shape index (κ2) is 4.82. The molecule has 0 aliphatic rings. The van der Waals surface area contributed by atoms with E-state index < -0.39 is 0 Å². The zero-order valence-corrected chi connectivity index (χ0v) is 9.63. The average Bonchev–Trinajstić information content (AvgIpc) is 2.22. The number of methoxy groups -OCH3 is 1. The lowest BCUT2D eigenvalue weighted by molar-refractivity contribution is -0.110. The van der Waals surface area contributed by atoms with Crippen molar-refractivity contribution in [3.63, 3.8) is 0 Å². The molecule has 0 bridgehead atoms. The van der Waals surface area contributed by atoms with Crippen LogP contribution in [0.4, 0.5) is 0 Å². The third kappa shape index (κ3) is 2.29.